The first-order valence-electron chi connectivity index (χ1n) is 8.22. The lowest BCUT2D eigenvalue weighted by Crippen LogP contribution is -2.43. The number of anilines is 1. The van der Waals surface area contributed by atoms with Gasteiger partial charge in [-0.25, -0.2) is 0 Å². The van der Waals surface area contributed by atoms with Gasteiger partial charge in [-0.15, -0.1) is 0 Å². The predicted molar refractivity (Wildman–Crippen MR) is 90.3 cm³/mol. The maximum Gasteiger partial charge on any atom is 0.239 e. The van der Waals surface area contributed by atoms with Crippen LogP contribution in [-0.4, -0.2) is 51.3 Å². The Morgan fingerprint density at radius 3 is 3.08 bits per heavy atom. The molecule has 1 amide bonds. The fraction of sp³-hybridized carbons (Fsp3) is 0.471. The summed E-state index contributed by atoms with van der Waals surface area (Å²) in [6, 6.07) is 7.60. The van der Waals surface area contributed by atoms with Crippen molar-refractivity contribution in [2.24, 2.45) is 7.05 Å². The number of hydrogen-bond acceptors (Lipinski definition) is 5. The lowest BCUT2D eigenvalue weighted by atomic mass is 10.1. The highest BCUT2D eigenvalue weighted by molar-refractivity contribution is 5.91. The van der Waals surface area contributed by atoms with Crippen LogP contribution in [0.25, 0.3) is 0 Å². The van der Waals surface area contributed by atoms with E-state index in [1.807, 2.05) is 25.2 Å². The van der Waals surface area contributed by atoms with Crippen LogP contribution in [0, 0.1) is 0 Å². The fourth-order valence-electron chi connectivity index (χ4n) is 2.85. The van der Waals surface area contributed by atoms with Crippen LogP contribution in [-0.2, 0) is 23.2 Å². The smallest absolute Gasteiger partial charge is 0.239 e. The van der Waals surface area contributed by atoms with E-state index in [2.05, 4.69) is 20.3 Å². The number of piperidine rings is 1. The predicted octanol–water partition coefficient (Wildman–Crippen LogP) is 1.43. The van der Waals surface area contributed by atoms with Crippen molar-refractivity contribution in [3.8, 4) is 0 Å². The van der Waals surface area contributed by atoms with Gasteiger partial charge in [0.1, 0.15) is 0 Å². The molecule has 0 aliphatic carbocycles. The van der Waals surface area contributed by atoms with Crippen molar-refractivity contribution >= 4 is 11.7 Å². The van der Waals surface area contributed by atoms with Crippen LogP contribution in [0.15, 0.2) is 36.7 Å². The number of aromatic nitrogens is 3. The Morgan fingerprint density at radius 1 is 1.42 bits per heavy atom. The quantitative estimate of drug-likeness (QED) is 0.868. The summed E-state index contributed by atoms with van der Waals surface area (Å²) in [6.07, 6.45) is 5.77. The Kier molecular flexibility index (Phi) is 5.55. The number of carbonyl (C=O) groups excluding carboxylic acids is 1. The van der Waals surface area contributed by atoms with Crippen LogP contribution < -0.4 is 5.32 Å². The number of pyridine rings is 1. The molecule has 1 unspecified atom stereocenters. The number of carbonyl (C=O) groups is 1. The molecule has 0 bridgehead atoms. The molecule has 2 aromatic heterocycles. The molecular weight excluding hydrogens is 306 g/mol. The number of likely N-dealkylation sites (tertiary alicyclic amines) is 1. The first kappa shape index (κ1) is 16.6. The largest absolute Gasteiger partial charge is 0.371 e. The van der Waals surface area contributed by atoms with E-state index >= 15 is 0 Å². The minimum absolute atomic E-state index is 0.0425. The summed E-state index contributed by atoms with van der Waals surface area (Å²) in [5, 5.41) is 6.98. The van der Waals surface area contributed by atoms with Gasteiger partial charge in [0.25, 0.3) is 0 Å². The highest BCUT2D eigenvalue weighted by Gasteiger charge is 2.22. The van der Waals surface area contributed by atoms with Crippen molar-refractivity contribution in [2.75, 3.05) is 25.0 Å². The van der Waals surface area contributed by atoms with Gasteiger partial charge in [0.15, 0.2) is 5.82 Å². The minimum Gasteiger partial charge on any atom is -0.371 e. The summed E-state index contributed by atoms with van der Waals surface area (Å²) in [7, 11) is 1.82. The number of hydrogen-bond donors (Lipinski definition) is 1. The van der Waals surface area contributed by atoms with Crippen LogP contribution in [0.5, 0.6) is 0 Å². The first-order valence-corrected chi connectivity index (χ1v) is 8.22. The second-order valence-electron chi connectivity index (χ2n) is 6.05. The molecule has 2 aromatic rings. The van der Waals surface area contributed by atoms with Gasteiger partial charge in [0.05, 0.1) is 24.9 Å². The normalized spacial score (nSPS) is 18.5. The van der Waals surface area contributed by atoms with Gasteiger partial charge in [-0.3, -0.25) is 19.4 Å². The average Bonchev–Trinajstić information content (AvgIpc) is 2.99. The van der Waals surface area contributed by atoms with Crippen LogP contribution in [0.1, 0.15) is 18.5 Å². The molecule has 0 radical (unpaired) electrons. The highest BCUT2D eigenvalue weighted by Crippen LogP contribution is 2.14. The topological polar surface area (TPSA) is 72.3 Å². The van der Waals surface area contributed by atoms with E-state index in [9.17, 15) is 4.79 Å². The Hall–Kier alpha value is -2.25. The van der Waals surface area contributed by atoms with Gasteiger partial charge < -0.3 is 10.1 Å². The van der Waals surface area contributed by atoms with Crippen molar-refractivity contribution in [1.82, 2.24) is 19.7 Å². The lowest BCUT2D eigenvalue weighted by Gasteiger charge is -2.31. The summed E-state index contributed by atoms with van der Waals surface area (Å²) in [6.45, 7) is 2.56. The molecule has 1 aliphatic rings. The molecule has 3 heterocycles. The molecule has 7 heteroatoms. The summed E-state index contributed by atoms with van der Waals surface area (Å²) < 4.78 is 7.62. The van der Waals surface area contributed by atoms with Gasteiger partial charge in [0.2, 0.25) is 5.91 Å². The standard InChI is InChI=1S/C17H23N5O2/c1-21-10-7-16(20-21)19-17(23)12-22-9-4-6-15(11-22)24-13-14-5-2-3-8-18-14/h2-3,5,7-8,10,15H,4,6,9,11-13H2,1H3,(H,19,20,23). The SMILES string of the molecule is Cn1ccc(NC(=O)CN2CCCC(OCc3ccccn3)C2)n1. The van der Waals surface area contributed by atoms with Crippen LogP contribution >= 0.6 is 0 Å². The lowest BCUT2D eigenvalue weighted by molar-refractivity contribution is -0.118. The molecule has 24 heavy (non-hydrogen) atoms. The summed E-state index contributed by atoms with van der Waals surface area (Å²) in [5.74, 6) is 0.543. The van der Waals surface area contributed by atoms with Crippen LogP contribution in [0.3, 0.4) is 0 Å². The van der Waals surface area contributed by atoms with Gasteiger partial charge in [-0.2, -0.15) is 5.10 Å². The van der Waals surface area contributed by atoms with Gasteiger partial charge in [-0.1, -0.05) is 6.07 Å². The molecule has 1 aliphatic heterocycles. The number of amides is 1. The zero-order valence-corrected chi connectivity index (χ0v) is 13.9. The van der Waals surface area contributed by atoms with E-state index in [1.165, 1.54) is 0 Å². The Balaban J connectivity index is 1.44. The molecule has 1 N–H and O–H groups in total. The maximum absolute atomic E-state index is 12.1. The van der Waals surface area contributed by atoms with E-state index in [0.29, 0.717) is 19.0 Å². The average molecular weight is 329 g/mol. The van der Waals surface area contributed by atoms with Gasteiger partial charge in [0, 0.05) is 32.1 Å². The minimum atomic E-state index is -0.0425. The monoisotopic (exact) mass is 329 g/mol. The van der Waals surface area contributed by atoms with Gasteiger partial charge >= 0.3 is 0 Å². The zero-order valence-electron chi connectivity index (χ0n) is 13.9. The number of aryl methyl sites for hydroxylation is 1. The molecule has 1 atom stereocenters. The molecule has 3 rings (SSSR count). The third-order valence-electron chi connectivity index (χ3n) is 4.00. The fourth-order valence-corrected chi connectivity index (χ4v) is 2.85. The molecule has 0 saturated carbocycles. The number of ether oxygens (including phenoxy) is 1. The van der Waals surface area contributed by atoms with Crippen LogP contribution in [0.2, 0.25) is 0 Å². The van der Waals surface area contributed by atoms with E-state index in [1.54, 1.807) is 23.1 Å². The van der Waals surface area contributed by atoms with Crippen molar-refractivity contribution < 1.29 is 9.53 Å². The highest BCUT2D eigenvalue weighted by atomic mass is 16.5. The van der Waals surface area contributed by atoms with E-state index in [0.717, 1.165) is 31.6 Å². The Bertz CT molecular complexity index is 658. The second-order valence-corrected chi connectivity index (χ2v) is 6.05. The molecular formula is C17H23N5O2. The molecule has 0 aromatic carbocycles. The Morgan fingerprint density at radius 2 is 2.33 bits per heavy atom. The maximum atomic E-state index is 12.1. The summed E-state index contributed by atoms with van der Waals surface area (Å²) in [4.78, 5) is 18.5. The molecule has 1 saturated heterocycles. The zero-order chi connectivity index (χ0) is 16.8. The van der Waals surface area contributed by atoms with Gasteiger partial charge in [-0.05, 0) is 31.5 Å². The summed E-state index contributed by atoms with van der Waals surface area (Å²) >= 11 is 0. The third kappa shape index (κ3) is 4.87. The molecule has 7 nitrogen and oxygen atoms in total. The number of nitrogens with one attached hydrogen (secondary N) is 1. The molecule has 128 valence electrons. The van der Waals surface area contributed by atoms with E-state index in [-0.39, 0.29) is 12.0 Å². The summed E-state index contributed by atoms with van der Waals surface area (Å²) in [5.41, 5.74) is 0.933. The van der Waals surface area contributed by atoms with Crippen molar-refractivity contribution in [2.45, 2.75) is 25.6 Å². The Labute approximate surface area is 141 Å². The number of rotatable bonds is 6. The molecule has 1 fully saturated rings. The second kappa shape index (κ2) is 8.03. The number of nitrogens with zero attached hydrogens (tertiary/aromatic N) is 4. The van der Waals surface area contributed by atoms with Crippen molar-refractivity contribution in [3.63, 3.8) is 0 Å². The molecule has 0 spiro atoms. The van der Waals surface area contributed by atoms with E-state index < -0.39 is 0 Å². The van der Waals surface area contributed by atoms with Crippen molar-refractivity contribution in [3.05, 3.63) is 42.4 Å². The third-order valence-corrected chi connectivity index (χ3v) is 4.00. The first-order chi connectivity index (χ1) is 11.7. The van der Waals surface area contributed by atoms with Crippen LogP contribution in [0.4, 0.5) is 5.82 Å². The van der Waals surface area contributed by atoms with Crippen molar-refractivity contribution in [1.29, 1.82) is 0 Å². The van der Waals surface area contributed by atoms with E-state index in [4.69, 9.17) is 4.74 Å².